The third kappa shape index (κ3) is 1.95. The van der Waals surface area contributed by atoms with Crippen molar-refractivity contribution in [1.29, 1.82) is 0 Å². The summed E-state index contributed by atoms with van der Waals surface area (Å²) in [6, 6.07) is 0.0794. The number of carboxylic acid groups (broad SMARTS) is 1. The van der Waals surface area contributed by atoms with Crippen LogP contribution in [0.15, 0.2) is 6.07 Å². The number of halogens is 5. The predicted molar refractivity (Wildman–Crippen MR) is 40.5 cm³/mol. The first-order valence-corrected chi connectivity index (χ1v) is 3.01. The molecule has 1 N–H and O–H groups in total. The molecule has 0 spiro atoms. The topological polar surface area (TPSA) is 37.3 Å². The van der Waals surface area contributed by atoms with Gasteiger partial charge in [-0.15, -0.1) is 12.4 Å². The Morgan fingerprint density at radius 3 is 2.00 bits per heavy atom. The van der Waals surface area contributed by atoms with Crippen LogP contribution in [0.2, 0.25) is 0 Å². The molecule has 2 nitrogen and oxygen atoms in total. The number of hydrogen-bond donors (Lipinski definition) is 1. The molecule has 1 aromatic carbocycles. The standard InChI is InChI=1S/C7H2F4O2.ClH/c8-3-1-2(7(12)13)4(9)6(11)5(3)10;/h1H,(H,12,13);1H. The van der Waals surface area contributed by atoms with Crippen LogP contribution in [-0.4, -0.2) is 11.1 Å². The summed E-state index contributed by atoms with van der Waals surface area (Å²) < 4.78 is 49.5. The van der Waals surface area contributed by atoms with Crippen molar-refractivity contribution in [2.45, 2.75) is 0 Å². The summed E-state index contributed by atoms with van der Waals surface area (Å²) in [7, 11) is 0. The predicted octanol–water partition coefficient (Wildman–Crippen LogP) is 2.36. The quantitative estimate of drug-likeness (QED) is 0.457. The lowest BCUT2D eigenvalue weighted by atomic mass is 10.2. The fraction of sp³-hybridized carbons (Fsp3) is 0. The van der Waals surface area contributed by atoms with Crippen molar-refractivity contribution in [3.63, 3.8) is 0 Å². The Bertz CT molecular complexity index is 380. The van der Waals surface area contributed by atoms with Gasteiger partial charge in [0, 0.05) is 0 Å². The van der Waals surface area contributed by atoms with Crippen LogP contribution in [0.1, 0.15) is 10.4 Å². The Labute approximate surface area is 81.6 Å². The zero-order valence-corrected chi connectivity index (χ0v) is 7.17. The lowest BCUT2D eigenvalue weighted by Gasteiger charge is -2.00. The average molecular weight is 231 g/mol. The van der Waals surface area contributed by atoms with E-state index in [1.54, 1.807) is 0 Å². The Morgan fingerprint density at radius 1 is 1.07 bits per heavy atom. The molecule has 78 valence electrons. The number of carbonyl (C=O) groups is 1. The van der Waals surface area contributed by atoms with Gasteiger partial charge in [0.2, 0.25) is 0 Å². The fourth-order valence-corrected chi connectivity index (χ4v) is 0.728. The van der Waals surface area contributed by atoms with E-state index in [0.717, 1.165) is 0 Å². The number of benzene rings is 1. The summed E-state index contributed by atoms with van der Waals surface area (Å²) in [5, 5.41) is 8.21. The van der Waals surface area contributed by atoms with Gasteiger partial charge in [-0.3, -0.25) is 0 Å². The van der Waals surface area contributed by atoms with Crippen LogP contribution >= 0.6 is 12.4 Å². The van der Waals surface area contributed by atoms with Gasteiger partial charge in [0.1, 0.15) is 5.56 Å². The molecule has 0 heterocycles. The summed E-state index contributed by atoms with van der Waals surface area (Å²) in [4.78, 5) is 10.1. The molecule has 0 bridgehead atoms. The monoisotopic (exact) mass is 230 g/mol. The smallest absolute Gasteiger partial charge is 0.338 e. The molecule has 1 rings (SSSR count). The lowest BCUT2D eigenvalue weighted by Crippen LogP contribution is -2.06. The summed E-state index contributed by atoms with van der Waals surface area (Å²) in [6.07, 6.45) is 0. The second kappa shape index (κ2) is 4.28. The minimum absolute atomic E-state index is 0. The summed E-state index contributed by atoms with van der Waals surface area (Å²) >= 11 is 0. The van der Waals surface area contributed by atoms with Gasteiger partial charge in [0.15, 0.2) is 23.3 Å². The Hall–Kier alpha value is -1.30. The molecular formula is C7H3ClF4O2. The third-order valence-corrected chi connectivity index (χ3v) is 1.33. The van der Waals surface area contributed by atoms with Crippen LogP contribution in [0, 0.1) is 23.3 Å². The van der Waals surface area contributed by atoms with Crippen molar-refractivity contribution in [2.75, 3.05) is 0 Å². The molecular weight excluding hydrogens is 228 g/mol. The van der Waals surface area contributed by atoms with Gasteiger partial charge >= 0.3 is 5.97 Å². The summed E-state index contributed by atoms with van der Waals surface area (Å²) in [6.45, 7) is 0. The zero-order chi connectivity index (χ0) is 10.2. The van der Waals surface area contributed by atoms with E-state index in [1.165, 1.54) is 0 Å². The first kappa shape index (κ1) is 12.7. The molecule has 14 heavy (non-hydrogen) atoms. The van der Waals surface area contributed by atoms with Gasteiger partial charge < -0.3 is 5.11 Å². The van der Waals surface area contributed by atoms with Gasteiger partial charge in [-0.05, 0) is 6.07 Å². The van der Waals surface area contributed by atoms with Crippen molar-refractivity contribution in [3.8, 4) is 0 Å². The highest BCUT2D eigenvalue weighted by Crippen LogP contribution is 2.18. The minimum Gasteiger partial charge on any atom is -0.478 e. The number of carboxylic acids is 1. The lowest BCUT2D eigenvalue weighted by molar-refractivity contribution is 0.0689. The van der Waals surface area contributed by atoms with Gasteiger partial charge in [-0.2, -0.15) is 0 Å². The number of hydrogen-bond acceptors (Lipinski definition) is 1. The fourth-order valence-electron chi connectivity index (χ4n) is 0.728. The van der Waals surface area contributed by atoms with Crippen molar-refractivity contribution in [1.82, 2.24) is 0 Å². The molecule has 0 aliphatic heterocycles. The van der Waals surface area contributed by atoms with E-state index in [0.29, 0.717) is 0 Å². The maximum absolute atomic E-state index is 12.5. The molecule has 7 heteroatoms. The molecule has 0 saturated carbocycles. The molecule has 0 atom stereocenters. The van der Waals surface area contributed by atoms with E-state index in [9.17, 15) is 22.4 Å². The minimum atomic E-state index is -2.13. The van der Waals surface area contributed by atoms with Crippen LogP contribution in [0.25, 0.3) is 0 Å². The molecule has 0 amide bonds. The van der Waals surface area contributed by atoms with Crippen LogP contribution < -0.4 is 0 Å². The SMILES string of the molecule is Cl.O=C(O)c1cc(F)c(F)c(F)c1F. The second-order valence-corrected chi connectivity index (χ2v) is 2.15. The number of aromatic carboxylic acids is 1. The Kier molecular flexibility index (Phi) is 3.88. The van der Waals surface area contributed by atoms with Crippen molar-refractivity contribution < 1.29 is 27.5 Å². The molecule has 0 fully saturated rings. The van der Waals surface area contributed by atoms with Gasteiger partial charge in [-0.25, -0.2) is 22.4 Å². The Morgan fingerprint density at radius 2 is 1.57 bits per heavy atom. The van der Waals surface area contributed by atoms with Crippen LogP contribution in [0.3, 0.4) is 0 Å². The average Bonchev–Trinajstić information content (AvgIpc) is 2.07. The zero-order valence-electron chi connectivity index (χ0n) is 6.35. The van der Waals surface area contributed by atoms with Crippen LogP contribution in [0.5, 0.6) is 0 Å². The molecule has 1 aromatic rings. The highest BCUT2D eigenvalue weighted by molar-refractivity contribution is 5.87. The summed E-state index contributed by atoms with van der Waals surface area (Å²) in [5.74, 6) is -9.67. The molecule has 0 aliphatic carbocycles. The van der Waals surface area contributed by atoms with Gasteiger partial charge in [-0.1, -0.05) is 0 Å². The molecule has 0 unspecified atom stereocenters. The molecule has 0 saturated heterocycles. The van der Waals surface area contributed by atoms with E-state index < -0.39 is 34.8 Å². The summed E-state index contributed by atoms with van der Waals surface area (Å²) in [5.41, 5.74) is -1.24. The maximum atomic E-state index is 12.5. The van der Waals surface area contributed by atoms with E-state index >= 15 is 0 Å². The normalized spacial score (nSPS) is 9.43. The second-order valence-electron chi connectivity index (χ2n) is 2.15. The van der Waals surface area contributed by atoms with Crippen molar-refractivity contribution in [2.24, 2.45) is 0 Å². The maximum Gasteiger partial charge on any atom is 0.338 e. The molecule has 0 aromatic heterocycles. The van der Waals surface area contributed by atoms with Gasteiger partial charge in [0.25, 0.3) is 0 Å². The van der Waals surface area contributed by atoms with E-state index in [1.807, 2.05) is 0 Å². The number of rotatable bonds is 1. The van der Waals surface area contributed by atoms with Crippen molar-refractivity contribution in [3.05, 3.63) is 34.9 Å². The van der Waals surface area contributed by atoms with Crippen LogP contribution in [0.4, 0.5) is 17.6 Å². The van der Waals surface area contributed by atoms with E-state index in [4.69, 9.17) is 5.11 Å². The van der Waals surface area contributed by atoms with Gasteiger partial charge in [0.05, 0.1) is 0 Å². The highest BCUT2D eigenvalue weighted by Gasteiger charge is 2.22. The van der Waals surface area contributed by atoms with E-state index in [2.05, 4.69) is 0 Å². The largest absolute Gasteiger partial charge is 0.478 e. The molecule has 0 aliphatic rings. The van der Waals surface area contributed by atoms with Crippen LogP contribution in [-0.2, 0) is 0 Å². The highest BCUT2D eigenvalue weighted by atomic mass is 35.5. The molecule has 0 radical (unpaired) electrons. The Balaban J connectivity index is 0.00000169. The first-order chi connectivity index (χ1) is 5.95. The van der Waals surface area contributed by atoms with E-state index in [-0.39, 0.29) is 18.5 Å². The third-order valence-electron chi connectivity index (χ3n) is 1.33. The van der Waals surface area contributed by atoms with Crippen molar-refractivity contribution >= 4 is 18.4 Å². The first-order valence-electron chi connectivity index (χ1n) is 3.01.